The van der Waals surface area contributed by atoms with Gasteiger partial charge in [0.1, 0.15) is 0 Å². The number of rotatable bonds is 2. The lowest BCUT2D eigenvalue weighted by Crippen LogP contribution is -2.16. The molecule has 1 heterocycles. The van der Waals surface area contributed by atoms with Gasteiger partial charge in [-0.15, -0.1) is 5.92 Å². The molecule has 2 heteroatoms. The highest BCUT2D eigenvalue weighted by Gasteiger charge is 2.19. The van der Waals surface area contributed by atoms with Crippen molar-refractivity contribution >= 4 is 5.78 Å². The molecule has 0 aromatic heterocycles. The summed E-state index contributed by atoms with van der Waals surface area (Å²) in [6.45, 7) is 8.97. The lowest BCUT2D eigenvalue weighted by atomic mass is 9.91. The maximum Gasteiger partial charge on any atom is 0.159 e. The van der Waals surface area contributed by atoms with Crippen LogP contribution in [0.2, 0.25) is 0 Å². The average molecular weight is 272 g/mol. The van der Waals surface area contributed by atoms with Gasteiger partial charge in [0.15, 0.2) is 5.78 Å². The van der Waals surface area contributed by atoms with Crippen LogP contribution >= 0.6 is 0 Å². The number of fused-ring (bicyclic) bond motifs is 1. The van der Waals surface area contributed by atoms with Crippen LogP contribution in [0.25, 0.3) is 0 Å². The maximum absolute atomic E-state index is 11.4. The van der Waals surface area contributed by atoms with Crippen LogP contribution in [0, 0.1) is 11.8 Å². The van der Waals surface area contributed by atoms with Crippen LogP contribution in [0.3, 0.4) is 0 Å². The highest BCUT2D eigenvalue weighted by molar-refractivity contribution is 5.94. The molecule has 1 aliphatic heterocycles. The van der Waals surface area contributed by atoms with Crippen LogP contribution in [0.4, 0.5) is 0 Å². The highest BCUT2D eigenvalue weighted by Crippen LogP contribution is 2.27. The topological polar surface area (TPSA) is 26.3 Å². The minimum absolute atomic E-state index is 0.101. The molecule has 108 valence electrons. The fraction of sp³-hybridized carbons (Fsp3) is 0.500. The van der Waals surface area contributed by atoms with Gasteiger partial charge in [-0.3, -0.25) is 4.79 Å². The van der Waals surface area contributed by atoms with Crippen LogP contribution in [-0.4, -0.2) is 12.4 Å². The lowest BCUT2D eigenvalue weighted by Gasteiger charge is -2.22. The van der Waals surface area contributed by atoms with E-state index in [1.54, 1.807) is 6.92 Å². The van der Waals surface area contributed by atoms with E-state index < -0.39 is 0 Å². The zero-order valence-corrected chi connectivity index (χ0v) is 13.0. The molecule has 20 heavy (non-hydrogen) atoms. The summed E-state index contributed by atoms with van der Waals surface area (Å²) in [6, 6.07) is 5.83. The second-order valence-electron chi connectivity index (χ2n) is 4.61. The quantitative estimate of drug-likeness (QED) is 0.591. The molecule has 0 radical (unpaired) electrons. The molecule has 0 bridgehead atoms. The van der Waals surface area contributed by atoms with E-state index in [1.165, 1.54) is 0 Å². The van der Waals surface area contributed by atoms with Crippen LogP contribution in [0.15, 0.2) is 18.2 Å². The first kappa shape index (κ1) is 16.5. The predicted octanol–water partition coefficient (Wildman–Crippen LogP) is 4.33. The number of hydrogen-bond donors (Lipinski definition) is 0. The third-order valence-electron chi connectivity index (χ3n) is 3.12. The van der Waals surface area contributed by atoms with E-state index in [4.69, 9.17) is 4.74 Å². The van der Waals surface area contributed by atoms with Crippen molar-refractivity contribution in [2.75, 3.05) is 6.61 Å². The first-order valence-corrected chi connectivity index (χ1v) is 7.42. The monoisotopic (exact) mass is 272 g/mol. The number of ether oxygens (including phenoxy) is 1. The molecular formula is C18H24O2. The van der Waals surface area contributed by atoms with Gasteiger partial charge in [0, 0.05) is 12.0 Å². The van der Waals surface area contributed by atoms with Crippen LogP contribution in [0.1, 0.15) is 67.9 Å². The molecule has 2 nitrogen and oxygen atoms in total. The molecule has 1 aromatic rings. The largest absolute Gasteiger partial charge is 0.375 e. The van der Waals surface area contributed by atoms with Crippen molar-refractivity contribution in [2.24, 2.45) is 0 Å². The molecule has 1 atom stereocenters. The zero-order chi connectivity index (χ0) is 15.0. The standard InChI is InChI=1S/C16H18O2.C2H6/c1-3-4-5-6-14-10-18-11-15-8-7-13(12(2)17)9-16(14)15;1-2/h7-9,14H,3-4,10-11H2,1-2H3;1-2H3. The minimum atomic E-state index is 0.101. The maximum atomic E-state index is 11.4. The molecular weight excluding hydrogens is 248 g/mol. The molecule has 2 rings (SSSR count). The van der Waals surface area contributed by atoms with Gasteiger partial charge in [-0.25, -0.2) is 0 Å². The summed E-state index contributed by atoms with van der Waals surface area (Å²) in [5.74, 6) is 6.65. The Balaban J connectivity index is 0.000000956. The Hall–Kier alpha value is -1.59. The smallest absolute Gasteiger partial charge is 0.159 e. The van der Waals surface area contributed by atoms with Crippen LogP contribution < -0.4 is 0 Å². The minimum Gasteiger partial charge on any atom is -0.375 e. The van der Waals surface area contributed by atoms with E-state index in [0.29, 0.717) is 13.2 Å². The van der Waals surface area contributed by atoms with E-state index in [9.17, 15) is 4.79 Å². The van der Waals surface area contributed by atoms with Crippen LogP contribution in [-0.2, 0) is 11.3 Å². The molecule has 1 aromatic carbocycles. The van der Waals surface area contributed by atoms with Gasteiger partial charge in [-0.2, -0.15) is 0 Å². The molecule has 0 saturated heterocycles. The SMILES string of the molecule is CC.CCCC#CC1COCc2ccc(C(C)=O)cc21. The van der Waals surface area contributed by atoms with Gasteiger partial charge in [0.05, 0.1) is 19.1 Å². The fourth-order valence-corrected chi connectivity index (χ4v) is 2.09. The van der Waals surface area contributed by atoms with Gasteiger partial charge in [0.2, 0.25) is 0 Å². The number of hydrogen-bond acceptors (Lipinski definition) is 2. The van der Waals surface area contributed by atoms with Gasteiger partial charge in [0.25, 0.3) is 0 Å². The molecule has 1 aliphatic rings. The summed E-state index contributed by atoms with van der Waals surface area (Å²) in [7, 11) is 0. The summed E-state index contributed by atoms with van der Waals surface area (Å²) in [4.78, 5) is 11.4. The number of unbranched alkanes of at least 4 members (excludes halogenated alkanes) is 1. The summed E-state index contributed by atoms with van der Waals surface area (Å²) >= 11 is 0. The van der Waals surface area contributed by atoms with Gasteiger partial charge >= 0.3 is 0 Å². The average Bonchev–Trinajstić information content (AvgIpc) is 2.49. The Labute approximate surface area is 122 Å². The first-order chi connectivity index (χ1) is 9.72. The first-order valence-electron chi connectivity index (χ1n) is 7.42. The number of Topliss-reactive ketones (excluding diaryl/α,β-unsaturated/α-hetero) is 1. The van der Waals surface area contributed by atoms with Gasteiger partial charge in [-0.05, 0) is 30.5 Å². The van der Waals surface area contributed by atoms with Crippen molar-refractivity contribution in [1.29, 1.82) is 0 Å². The summed E-state index contributed by atoms with van der Waals surface area (Å²) in [5, 5.41) is 0. The predicted molar refractivity (Wildman–Crippen MR) is 82.9 cm³/mol. The van der Waals surface area contributed by atoms with E-state index in [0.717, 1.165) is 29.5 Å². The Morgan fingerprint density at radius 1 is 1.40 bits per heavy atom. The molecule has 0 spiro atoms. The third-order valence-corrected chi connectivity index (χ3v) is 3.12. The Morgan fingerprint density at radius 2 is 2.15 bits per heavy atom. The number of benzene rings is 1. The van der Waals surface area contributed by atoms with E-state index in [2.05, 4.69) is 18.8 Å². The number of ketones is 1. The molecule has 0 amide bonds. The van der Waals surface area contributed by atoms with E-state index in [1.807, 2.05) is 32.0 Å². The zero-order valence-electron chi connectivity index (χ0n) is 13.0. The number of carbonyl (C=O) groups excluding carboxylic acids is 1. The summed E-state index contributed by atoms with van der Waals surface area (Å²) in [6.07, 6.45) is 1.99. The van der Waals surface area contributed by atoms with Crippen molar-refractivity contribution in [3.8, 4) is 11.8 Å². The highest BCUT2D eigenvalue weighted by atomic mass is 16.5. The van der Waals surface area contributed by atoms with Crippen molar-refractivity contribution in [3.05, 3.63) is 34.9 Å². The third kappa shape index (κ3) is 4.21. The lowest BCUT2D eigenvalue weighted by molar-refractivity contribution is 0.1000. The Morgan fingerprint density at radius 3 is 2.80 bits per heavy atom. The number of carbonyl (C=O) groups is 1. The summed E-state index contributed by atoms with van der Waals surface area (Å²) < 4.78 is 5.55. The molecule has 1 unspecified atom stereocenters. The Kier molecular flexibility index (Phi) is 7.04. The second kappa shape index (κ2) is 8.55. The van der Waals surface area contributed by atoms with E-state index in [-0.39, 0.29) is 11.7 Å². The molecule has 0 fully saturated rings. The van der Waals surface area contributed by atoms with Crippen molar-refractivity contribution < 1.29 is 9.53 Å². The second-order valence-corrected chi connectivity index (χ2v) is 4.61. The van der Waals surface area contributed by atoms with Gasteiger partial charge < -0.3 is 4.74 Å². The van der Waals surface area contributed by atoms with Gasteiger partial charge in [-0.1, -0.05) is 38.8 Å². The Bertz CT molecular complexity index is 506. The van der Waals surface area contributed by atoms with E-state index >= 15 is 0 Å². The fourth-order valence-electron chi connectivity index (χ4n) is 2.09. The molecule has 0 N–H and O–H groups in total. The van der Waals surface area contributed by atoms with Crippen LogP contribution in [0.5, 0.6) is 0 Å². The molecule has 0 saturated carbocycles. The normalized spacial score (nSPS) is 16.1. The molecule has 0 aliphatic carbocycles. The summed E-state index contributed by atoms with van der Waals surface area (Å²) in [5.41, 5.74) is 3.08. The van der Waals surface area contributed by atoms with Crippen molar-refractivity contribution in [2.45, 2.75) is 53.1 Å². The van der Waals surface area contributed by atoms with Crippen molar-refractivity contribution in [3.63, 3.8) is 0 Å². The van der Waals surface area contributed by atoms with Crippen molar-refractivity contribution in [1.82, 2.24) is 0 Å².